The third-order valence-corrected chi connectivity index (χ3v) is 3.64. The Morgan fingerprint density at radius 1 is 1.39 bits per heavy atom. The first kappa shape index (κ1) is 13.3. The third-order valence-electron chi connectivity index (χ3n) is 2.72. The third kappa shape index (κ3) is 3.00. The summed E-state index contributed by atoms with van der Waals surface area (Å²) in [5.74, 6) is 0.319. The highest BCUT2D eigenvalue weighted by molar-refractivity contribution is 7.89. The average molecular weight is 270 g/mol. The highest BCUT2D eigenvalue weighted by atomic mass is 32.2. The number of primary sulfonamides is 1. The van der Waals surface area contributed by atoms with Crippen LogP contribution in [0.25, 0.3) is 0 Å². The Morgan fingerprint density at radius 3 is 2.44 bits per heavy atom. The van der Waals surface area contributed by atoms with Crippen molar-refractivity contribution in [2.75, 3.05) is 0 Å². The van der Waals surface area contributed by atoms with Crippen LogP contribution in [0.5, 0.6) is 5.75 Å². The molecular weight excluding hydrogens is 252 g/mol. The summed E-state index contributed by atoms with van der Waals surface area (Å²) >= 11 is 0. The highest BCUT2D eigenvalue weighted by Gasteiger charge is 2.28. The van der Waals surface area contributed by atoms with E-state index >= 15 is 0 Å². The molecule has 100 valence electrons. The van der Waals surface area contributed by atoms with Gasteiger partial charge in [0.2, 0.25) is 10.0 Å². The molecule has 0 aromatic carbocycles. The summed E-state index contributed by atoms with van der Waals surface area (Å²) in [6, 6.07) is 1.68. The lowest BCUT2D eigenvalue weighted by Crippen LogP contribution is -2.18. The number of rotatable bonds is 3. The van der Waals surface area contributed by atoms with Crippen LogP contribution in [-0.2, 0) is 15.4 Å². The Labute approximate surface area is 107 Å². The molecule has 0 unspecified atom stereocenters. The summed E-state index contributed by atoms with van der Waals surface area (Å²) in [4.78, 5) is 4.13. The molecule has 5 nitrogen and oxygen atoms in total. The SMILES string of the molecule is CC(C)(C)c1cc(OC2CC2)c(S(N)(=O)=O)cn1. The van der Waals surface area contributed by atoms with Gasteiger partial charge in [-0.05, 0) is 12.8 Å². The number of nitrogens with two attached hydrogens (primary N) is 1. The molecule has 0 radical (unpaired) electrons. The van der Waals surface area contributed by atoms with Gasteiger partial charge in [-0.15, -0.1) is 0 Å². The first-order valence-electron chi connectivity index (χ1n) is 5.88. The van der Waals surface area contributed by atoms with Gasteiger partial charge in [-0.25, -0.2) is 13.6 Å². The smallest absolute Gasteiger partial charge is 0.243 e. The van der Waals surface area contributed by atoms with Crippen molar-refractivity contribution in [3.05, 3.63) is 18.0 Å². The number of pyridine rings is 1. The minimum absolute atomic E-state index is 0.0394. The molecule has 1 aliphatic rings. The van der Waals surface area contributed by atoms with Gasteiger partial charge < -0.3 is 4.74 Å². The first-order chi connectivity index (χ1) is 8.18. The van der Waals surface area contributed by atoms with E-state index in [1.807, 2.05) is 20.8 Å². The predicted octanol–water partition coefficient (Wildman–Crippen LogP) is 1.57. The van der Waals surface area contributed by atoms with Crippen molar-refractivity contribution in [2.24, 2.45) is 5.14 Å². The van der Waals surface area contributed by atoms with Crippen molar-refractivity contribution in [1.82, 2.24) is 4.98 Å². The van der Waals surface area contributed by atoms with E-state index in [2.05, 4.69) is 4.98 Å². The Kier molecular flexibility index (Phi) is 3.11. The van der Waals surface area contributed by atoms with E-state index in [1.165, 1.54) is 6.20 Å². The van der Waals surface area contributed by atoms with Gasteiger partial charge in [-0.1, -0.05) is 20.8 Å². The largest absolute Gasteiger partial charge is 0.489 e. The van der Waals surface area contributed by atoms with E-state index in [1.54, 1.807) is 6.07 Å². The average Bonchev–Trinajstić information content (AvgIpc) is 2.98. The van der Waals surface area contributed by atoms with Gasteiger partial charge in [0.15, 0.2) is 0 Å². The van der Waals surface area contributed by atoms with Gasteiger partial charge in [0.05, 0.1) is 12.3 Å². The second kappa shape index (κ2) is 4.20. The standard InChI is InChI=1S/C12H18N2O3S/c1-12(2,3)11-6-9(17-8-4-5-8)10(7-14-11)18(13,15)16/h6-8H,4-5H2,1-3H3,(H2,13,15,16). The van der Waals surface area contributed by atoms with E-state index in [0.29, 0.717) is 5.75 Å². The Morgan fingerprint density at radius 2 is 2.00 bits per heavy atom. The molecule has 0 bridgehead atoms. The number of ether oxygens (including phenoxy) is 1. The monoisotopic (exact) mass is 270 g/mol. The first-order valence-corrected chi connectivity index (χ1v) is 7.42. The maximum atomic E-state index is 11.5. The fraction of sp³-hybridized carbons (Fsp3) is 0.583. The zero-order chi connectivity index (χ0) is 13.6. The van der Waals surface area contributed by atoms with Crippen molar-refractivity contribution in [1.29, 1.82) is 0 Å². The highest BCUT2D eigenvalue weighted by Crippen LogP contribution is 2.33. The molecule has 0 atom stereocenters. The fourth-order valence-corrected chi connectivity index (χ4v) is 2.09. The van der Waals surface area contributed by atoms with Crippen LogP contribution in [0, 0.1) is 0 Å². The molecule has 2 N–H and O–H groups in total. The molecule has 1 fully saturated rings. The van der Waals surface area contributed by atoms with Crippen LogP contribution >= 0.6 is 0 Å². The lowest BCUT2D eigenvalue weighted by atomic mass is 9.91. The Balaban J connectivity index is 2.47. The minimum atomic E-state index is -3.80. The van der Waals surface area contributed by atoms with Crippen LogP contribution in [0.4, 0.5) is 0 Å². The summed E-state index contributed by atoms with van der Waals surface area (Å²) in [6.45, 7) is 6.02. The fourth-order valence-electron chi connectivity index (χ4n) is 1.51. The van der Waals surface area contributed by atoms with Crippen LogP contribution < -0.4 is 9.88 Å². The lowest BCUT2D eigenvalue weighted by Gasteiger charge is -2.19. The van der Waals surface area contributed by atoms with Gasteiger partial charge in [0, 0.05) is 17.2 Å². The number of hydrogen-bond donors (Lipinski definition) is 1. The predicted molar refractivity (Wildman–Crippen MR) is 68.0 cm³/mol. The molecule has 1 aromatic rings. The summed E-state index contributed by atoms with van der Waals surface area (Å²) in [7, 11) is -3.80. The quantitative estimate of drug-likeness (QED) is 0.903. The van der Waals surface area contributed by atoms with Crippen LogP contribution in [0.3, 0.4) is 0 Å². The molecule has 0 spiro atoms. The Bertz CT molecular complexity index is 557. The zero-order valence-electron chi connectivity index (χ0n) is 10.8. The molecule has 1 aromatic heterocycles. The second-order valence-corrected chi connectivity index (χ2v) is 7.16. The van der Waals surface area contributed by atoms with Gasteiger partial charge in [0.1, 0.15) is 10.6 Å². The molecule has 18 heavy (non-hydrogen) atoms. The van der Waals surface area contributed by atoms with Crippen molar-refractivity contribution < 1.29 is 13.2 Å². The maximum Gasteiger partial charge on any atom is 0.243 e. The van der Waals surface area contributed by atoms with E-state index in [4.69, 9.17) is 9.88 Å². The van der Waals surface area contributed by atoms with Crippen LogP contribution in [0.1, 0.15) is 39.3 Å². The summed E-state index contributed by atoms with van der Waals surface area (Å²) in [5.41, 5.74) is 0.615. The molecule has 0 aliphatic heterocycles. The summed E-state index contributed by atoms with van der Waals surface area (Å²) < 4.78 is 28.6. The van der Waals surface area contributed by atoms with Crippen LogP contribution in [-0.4, -0.2) is 19.5 Å². The van der Waals surface area contributed by atoms with Crippen LogP contribution in [0.2, 0.25) is 0 Å². The van der Waals surface area contributed by atoms with E-state index in [0.717, 1.165) is 18.5 Å². The van der Waals surface area contributed by atoms with Gasteiger partial charge in [0.25, 0.3) is 0 Å². The summed E-state index contributed by atoms with van der Waals surface area (Å²) in [6.07, 6.45) is 3.31. The van der Waals surface area contributed by atoms with Crippen molar-refractivity contribution in [3.63, 3.8) is 0 Å². The van der Waals surface area contributed by atoms with Crippen molar-refractivity contribution in [3.8, 4) is 5.75 Å². The number of nitrogens with zero attached hydrogens (tertiary/aromatic N) is 1. The number of hydrogen-bond acceptors (Lipinski definition) is 4. The van der Waals surface area contributed by atoms with Gasteiger partial charge in [-0.3, -0.25) is 4.98 Å². The number of sulfonamides is 1. The van der Waals surface area contributed by atoms with Crippen molar-refractivity contribution >= 4 is 10.0 Å². The molecule has 1 saturated carbocycles. The number of aromatic nitrogens is 1. The van der Waals surface area contributed by atoms with Crippen LogP contribution in [0.15, 0.2) is 17.2 Å². The molecule has 1 aliphatic carbocycles. The lowest BCUT2D eigenvalue weighted by molar-refractivity contribution is 0.293. The minimum Gasteiger partial charge on any atom is -0.489 e. The topological polar surface area (TPSA) is 82.3 Å². The second-order valence-electron chi connectivity index (χ2n) is 5.63. The maximum absolute atomic E-state index is 11.5. The van der Waals surface area contributed by atoms with E-state index < -0.39 is 10.0 Å². The molecule has 6 heteroatoms. The molecule has 1 heterocycles. The van der Waals surface area contributed by atoms with Crippen molar-refractivity contribution in [2.45, 2.75) is 50.0 Å². The summed E-state index contributed by atoms with van der Waals surface area (Å²) in [5, 5.41) is 5.17. The molecule has 0 saturated heterocycles. The Hall–Kier alpha value is -1.14. The van der Waals surface area contributed by atoms with Gasteiger partial charge in [-0.2, -0.15) is 0 Å². The van der Waals surface area contributed by atoms with E-state index in [9.17, 15) is 8.42 Å². The van der Waals surface area contributed by atoms with Gasteiger partial charge >= 0.3 is 0 Å². The van der Waals surface area contributed by atoms with E-state index in [-0.39, 0.29) is 16.4 Å². The molecular formula is C12H18N2O3S. The molecule has 2 rings (SSSR count). The molecule has 0 amide bonds. The zero-order valence-corrected chi connectivity index (χ0v) is 11.6. The normalized spacial score (nSPS) is 16.7.